The first-order chi connectivity index (χ1) is 14.3. The van der Waals surface area contributed by atoms with E-state index in [9.17, 15) is 0 Å². The predicted molar refractivity (Wildman–Crippen MR) is 132 cm³/mol. The minimum atomic E-state index is 0. The number of aromatic nitrogens is 3. The van der Waals surface area contributed by atoms with Crippen molar-refractivity contribution in [3.05, 3.63) is 89.1 Å². The van der Waals surface area contributed by atoms with E-state index < -0.39 is 0 Å². The summed E-state index contributed by atoms with van der Waals surface area (Å²) in [5, 5.41) is 6.16. The van der Waals surface area contributed by atoms with Gasteiger partial charge in [-0.15, -0.1) is 36.2 Å². The van der Waals surface area contributed by atoms with Crippen LogP contribution in [0.4, 0.5) is 11.6 Å². The normalized spacial score (nSPS) is 12.9. The third-order valence-electron chi connectivity index (χ3n) is 5.10. The van der Waals surface area contributed by atoms with Crippen LogP contribution in [0.5, 0.6) is 0 Å². The summed E-state index contributed by atoms with van der Waals surface area (Å²) in [6, 6.07) is 18.8. The Bertz CT molecular complexity index is 1100. The van der Waals surface area contributed by atoms with E-state index in [1.54, 1.807) is 17.5 Å². The summed E-state index contributed by atoms with van der Waals surface area (Å²) < 4.78 is 0. The number of hydrogen-bond donors (Lipinski definition) is 1. The molecule has 0 atom stereocenters. The summed E-state index contributed by atoms with van der Waals surface area (Å²) in [7, 11) is 0. The molecular formula is C23H23Cl2N5S. The standard InChI is InChI=1S/C23H21N5S.2ClH/c1-2-5-19-16-28(12-10-18(19)4-1)15-17-8-9-21(25-14-17)27-22-7-3-6-20(26-22)23-24-11-13-29-23;;/h1-9,11,13-14H,10,12,15-16H2,(H,25,26,27);2*1H. The molecule has 0 saturated carbocycles. The van der Waals surface area contributed by atoms with E-state index in [2.05, 4.69) is 55.5 Å². The number of benzene rings is 1. The maximum Gasteiger partial charge on any atom is 0.141 e. The van der Waals surface area contributed by atoms with E-state index in [-0.39, 0.29) is 24.8 Å². The molecule has 8 heteroatoms. The van der Waals surface area contributed by atoms with Gasteiger partial charge in [-0.2, -0.15) is 0 Å². The van der Waals surface area contributed by atoms with Crippen molar-refractivity contribution in [3.8, 4) is 10.7 Å². The Morgan fingerprint density at radius 2 is 1.77 bits per heavy atom. The maximum absolute atomic E-state index is 4.64. The highest BCUT2D eigenvalue weighted by Crippen LogP contribution is 2.23. The first-order valence-electron chi connectivity index (χ1n) is 9.71. The predicted octanol–water partition coefficient (Wildman–Crippen LogP) is 5.75. The van der Waals surface area contributed by atoms with Crippen molar-refractivity contribution >= 4 is 47.8 Å². The van der Waals surface area contributed by atoms with Crippen molar-refractivity contribution in [2.45, 2.75) is 19.5 Å². The molecule has 0 fully saturated rings. The molecule has 4 heterocycles. The molecule has 0 bridgehead atoms. The number of nitrogens with one attached hydrogen (secondary N) is 1. The molecule has 0 unspecified atom stereocenters. The molecule has 0 amide bonds. The molecule has 1 aromatic carbocycles. The smallest absolute Gasteiger partial charge is 0.141 e. The Morgan fingerprint density at radius 1 is 0.903 bits per heavy atom. The largest absolute Gasteiger partial charge is 0.325 e. The molecule has 5 rings (SSSR count). The second-order valence-electron chi connectivity index (χ2n) is 7.15. The lowest BCUT2D eigenvalue weighted by atomic mass is 10.00. The van der Waals surface area contributed by atoms with Crippen LogP contribution in [0, 0.1) is 0 Å². The van der Waals surface area contributed by atoms with Gasteiger partial charge in [0.25, 0.3) is 0 Å². The molecule has 0 spiro atoms. The third kappa shape index (κ3) is 5.60. The lowest BCUT2D eigenvalue weighted by Crippen LogP contribution is -2.30. The lowest BCUT2D eigenvalue weighted by molar-refractivity contribution is 0.245. The Kier molecular flexibility index (Phi) is 7.98. The molecule has 0 saturated heterocycles. The number of nitrogens with zero attached hydrogens (tertiary/aromatic N) is 4. The van der Waals surface area contributed by atoms with Gasteiger partial charge in [0.05, 0.1) is 0 Å². The van der Waals surface area contributed by atoms with Crippen molar-refractivity contribution in [2.24, 2.45) is 0 Å². The highest BCUT2D eigenvalue weighted by Gasteiger charge is 2.15. The second-order valence-corrected chi connectivity index (χ2v) is 8.05. The van der Waals surface area contributed by atoms with Crippen LogP contribution in [0.1, 0.15) is 16.7 Å². The van der Waals surface area contributed by atoms with Gasteiger partial charge >= 0.3 is 0 Å². The average Bonchev–Trinajstić information content (AvgIpc) is 3.30. The molecule has 5 nitrogen and oxygen atoms in total. The van der Waals surface area contributed by atoms with Gasteiger partial charge in [0, 0.05) is 37.4 Å². The Hall–Kier alpha value is -2.51. The molecule has 31 heavy (non-hydrogen) atoms. The van der Waals surface area contributed by atoms with E-state index in [0.29, 0.717) is 0 Å². The fraction of sp³-hybridized carbons (Fsp3) is 0.174. The summed E-state index contributed by atoms with van der Waals surface area (Å²) in [6.07, 6.45) is 4.86. The summed E-state index contributed by atoms with van der Waals surface area (Å²) in [6.45, 7) is 3.01. The number of rotatable bonds is 5. The highest BCUT2D eigenvalue weighted by atomic mass is 35.5. The Labute approximate surface area is 198 Å². The van der Waals surface area contributed by atoms with Crippen LogP contribution in [-0.2, 0) is 19.5 Å². The first-order valence-corrected chi connectivity index (χ1v) is 10.6. The zero-order valence-corrected chi connectivity index (χ0v) is 19.2. The first kappa shape index (κ1) is 23.2. The number of halogens is 2. The summed E-state index contributed by atoms with van der Waals surface area (Å²) in [4.78, 5) is 16.0. The average molecular weight is 472 g/mol. The van der Waals surface area contributed by atoms with E-state index >= 15 is 0 Å². The van der Waals surface area contributed by atoms with Gasteiger partial charge in [-0.1, -0.05) is 36.4 Å². The molecule has 1 aliphatic rings. The monoisotopic (exact) mass is 471 g/mol. The third-order valence-corrected chi connectivity index (χ3v) is 5.89. The van der Waals surface area contributed by atoms with Gasteiger partial charge in [0.2, 0.25) is 0 Å². The van der Waals surface area contributed by atoms with Gasteiger partial charge < -0.3 is 5.32 Å². The van der Waals surface area contributed by atoms with Gasteiger partial charge in [-0.05, 0) is 41.3 Å². The molecule has 0 aliphatic carbocycles. The fourth-order valence-electron chi connectivity index (χ4n) is 3.64. The van der Waals surface area contributed by atoms with Crippen LogP contribution in [0.15, 0.2) is 72.4 Å². The van der Waals surface area contributed by atoms with E-state index in [0.717, 1.165) is 48.4 Å². The van der Waals surface area contributed by atoms with Crippen LogP contribution in [0.2, 0.25) is 0 Å². The van der Waals surface area contributed by atoms with Crippen LogP contribution >= 0.6 is 36.2 Å². The van der Waals surface area contributed by atoms with Crippen LogP contribution in [-0.4, -0.2) is 26.4 Å². The zero-order chi connectivity index (χ0) is 19.5. The van der Waals surface area contributed by atoms with Gasteiger partial charge in [0.15, 0.2) is 0 Å². The molecule has 160 valence electrons. The summed E-state index contributed by atoms with van der Waals surface area (Å²) in [5.41, 5.74) is 5.01. The molecule has 4 aromatic rings. The van der Waals surface area contributed by atoms with Gasteiger partial charge in [0.1, 0.15) is 22.3 Å². The fourth-order valence-corrected chi connectivity index (χ4v) is 4.25. The number of anilines is 2. The SMILES string of the molecule is Cl.Cl.c1cc(Nc2ccc(CN3CCc4ccccc4C3)cn2)nc(-c2nccs2)c1. The quantitative estimate of drug-likeness (QED) is 0.401. The van der Waals surface area contributed by atoms with Crippen molar-refractivity contribution in [2.75, 3.05) is 11.9 Å². The van der Waals surface area contributed by atoms with Crippen molar-refractivity contribution in [1.29, 1.82) is 0 Å². The minimum Gasteiger partial charge on any atom is -0.325 e. The van der Waals surface area contributed by atoms with E-state index in [1.165, 1.54) is 16.7 Å². The zero-order valence-electron chi connectivity index (χ0n) is 16.8. The number of fused-ring (bicyclic) bond motifs is 1. The minimum absolute atomic E-state index is 0. The second kappa shape index (κ2) is 10.7. The van der Waals surface area contributed by atoms with E-state index in [4.69, 9.17) is 0 Å². The van der Waals surface area contributed by atoms with Crippen LogP contribution < -0.4 is 5.32 Å². The van der Waals surface area contributed by atoms with Crippen LogP contribution in [0.3, 0.4) is 0 Å². The van der Waals surface area contributed by atoms with Crippen LogP contribution in [0.25, 0.3) is 10.7 Å². The lowest BCUT2D eigenvalue weighted by Gasteiger charge is -2.28. The molecule has 0 radical (unpaired) electrons. The highest BCUT2D eigenvalue weighted by molar-refractivity contribution is 7.13. The van der Waals surface area contributed by atoms with Gasteiger partial charge in [-0.3, -0.25) is 4.90 Å². The summed E-state index contributed by atoms with van der Waals surface area (Å²) in [5.74, 6) is 1.56. The molecule has 1 N–H and O–H groups in total. The summed E-state index contributed by atoms with van der Waals surface area (Å²) >= 11 is 1.58. The molecular weight excluding hydrogens is 449 g/mol. The van der Waals surface area contributed by atoms with Crippen molar-refractivity contribution in [3.63, 3.8) is 0 Å². The Balaban J connectivity index is 0.00000136. The van der Waals surface area contributed by atoms with Crippen molar-refractivity contribution < 1.29 is 0 Å². The number of hydrogen-bond acceptors (Lipinski definition) is 6. The molecule has 1 aliphatic heterocycles. The number of thiazole rings is 1. The maximum atomic E-state index is 4.64. The molecule has 3 aromatic heterocycles. The van der Waals surface area contributed by atoms with Crippen molar-refractivity contribution in [1.82, 2.24) is 19.9 Å². The Morgan fingerprint density at radius 3 is 2.55 bits per heavy atom. The topological polar surface area (TPSA) is 53.9 Å². The number of pyridine rings is 2. The van der Waals surface area contributed by atoms with E-state index in [1.807, 2.05) is 35.8 Å². The van der Waals surface area contributed by atoms with Gasteiger partial charge in [-0.25, -0.2) is 15.0 Å².